The molecule has 27 heavy (non-hydrogen) atoms. The van der Waals surface area contributed by atoms with Crippen molar-refractivity contribution in [3.05, 3.63) is 75.8 Å². The molecule has 0 aliphatic rings. The number of nitrogens with zero attached hydrogens (tertiary/aromatic N) is 1. The molecular weight excluding hydrogens is 334 g/mol. The smallest absolute Gasteiger partial charge is 0.258 e. The van der Waals surface area contributed by atoms with Gasteiger partial charge < -0.3 is 10.3 Å². The van der Waals surface area contributed by atoms with Crippen LogP contribution in [0, 0.1) is 11.8 Å². The molecule has 4 nitrogen and oxygen atoms in total. The molecule has 0 fully saturated rings. The normalized spacial score (nSPS) is 12.8. The van der Waals surface area contributed by atoms with E-state index in [4.69, 9.17) is 0 Å². The van der Waals surface area contributed by atoms with Crippen LogP contribution in [-0.2, 0) is 13.0 Å². The maximum atomic E-state index is 12.3. The molecule has 0 amide bonds. The lowest BCUT2D eigenvalue weighted by molar-refractivity contribution is 0.406. The minimum atomic E-state index is -0.0865. The summed E-state index contributed by atoms with van der Waals surface area (Å²) in [6.45, 7) is 9.41. The summed E-state index contributed by atoms with van der Waals surface area (Å²) < 4.78 is 0. The fourth-order valence-corrected chi connectivity index (χ4v) is 3.50. The van der Waals surface area contributed by atoms with Gasteiger partial charge in [0, 0.05) is 6.04 Å². The number of nitrogens with one attached hydrogen (secondary N) is 2. The maximum absolute atomic E-state index is 12.3. The van der Waals surface area contributed by atoms with Gasteiger partial charge in [-0.3, -0.25) is 4.79 Å². The third kappa shape index (κ3) is 4.83. The van der Waals surface area contributed by atoms with Crippen molar-refractivity contribution < 1.29 is 0 Å². The molecule has 2 aromatic carbocycles. The average molecular weight is 364 g/mol. The van der Waals surface area contributed by atoms with E-state index in [0.29, 0.717) is 29.6 Å². The summed E-state index contributed by atoms with van der Waals surface area (Å²) in [7, 11) is 0. The Morgan fingerprint density at radius 2 is 1.70 bits per heavy atom. The molecule has 0 aliphatic heterocycles. The van der Waals surface area contributed by atoms with Gasteiger partial charge in [0.2, 0.25) is 0 Å². The van der Waals surface area contributed by atoms with E-state index in [1.165, 1.54) is 11.1 Å². The third-order valence-electron chi connectivity index (χ3n) is 4.80. The van der Waals surface area contributed by atoms with Crippen LogP contribution in [0.1, 0.15) is 50.7 Å². The summed E-state index contributed by atoms with van der Waals surface area (Å²) in [4.78, 5) is 19.7. The predicted octanol–water partition coefficient (Wildman–Crippen LogP) is 4.61. The molecule has 1 aromatic heterocycles. The van der Waals surface area contributed by atoms with Gasteiger partial charge in [-0.15, -0.1) is 0 Å². The third-order valence-corrected chi connectivity index (χ3v) is 4.80. The van der Waals surface area contributed by atoms with Gasteiger partial charge in [-0.2, -0.15) is 0 Å². The zero-order valence-corrected chi connectivity index (χ0v) is 16.6. The fraction of sp³-hybridized carbons (Fsp3) is 0.391. The lowest BCUT2D eigenvalue weighted by Gasteiger charge is -2.23. The zero-order chi connectivity index (χ0) is 19.4. The molecule has 0 saturated carbocycles. The highest BCUT2D eigenvalue weighted by Crippen LogP contribution is 2.23. The molecule has 4 heteroatoms. The Morgan fingerprint density at radius 3 is 2.37 bits per heavy atom. The highest BCUT2D eigenvalue weighted by Gasteiger charge is 2.16. The van der Waals surface area contributed by atoms with E-state index in [1.54, 1.807) is 6.07 Å². The van der Waals surface area contributed by atoms with E-state index in [0.717, 1.165) is 11.9 Å². The van der Waals surface area contributed by atoms with Crippen LogP contribution in [0.5, 0.6) is 0 Å². The molecule has 1 heterocycles. The van der Waals surface area contributed by atoms with Gasteiger partial charge in [-0.25, -0.2) is 4.98 Å². The van der Waals surface area contributed by atoms with Gasteiger partial charge in [0.1, 0.15) is 5.82 Å². The molecular formula is C23H29N3O. The second-order valence-electron chi connectivity index (χ2n) is 7.97. The quantitative estimate of drug-likeness (QED) is 0.644. The van der Waals surface area contributed by atoms with Gasteiger partial charge >= 0.3 is 0 Å². The van der Waals surface area contributed by atoms with E-state index < -0.39 is 0 Å². The van der Waals surface area contributed by atoms with E-state index in [2.05, 4.69) is 67.2 Å². The van der Waals surface area contributed by atoms with Crippen molar-refractivity contribution in [3.63, 3.8) is 0 Å². The SMILES string of the molecule is CC(C)Cc1ccc([C@H](NCc2nc3ccccc3c(=O)[nH]2)C(C)C)cc1. The van der Waals surface area contributed by atoms with Gasteiger partial charge in [0.25, 0.3) is 5.56 Å². The van der Waals surface area contributed by atoms with Crippen molar-refractivity contribution in [2.75, 3.05) is 0 Å². The number of aromatic nitrogens is 2. The lowest BCUT2D eigenvalue weighted by Crippen LogP contribution is -2.27. The first-order valence-electron chi connectivity index (χ1n) is 9.74. The molecule has 0 radical (unpaired) electrons. The molecule has 142 valence electrons. The van der Waals surface area contributed by atoms with Crippen LogP contribution >= 0.6 is 0 Å². The van der Waals surface area contributed by atoms with Gasteiger partial charge in [0.05, 0.1) is 17.4 Å². The van der Waals surface area contributed by atoms with Crippen molar-refractivity contribution in [2.24, 2.45) is 11.8 Å². The minimum Gasteiger partial charge on any atom is -0.309 e. The standard InChI is InChI=1S/C23H29N3O/c1-15(2)13-17-9-11-18(12-10-17)22(16(3)4)24-14-21-25-20-8-6-5-7-19(20)23(27)26-21/h5-12,15-16,22,24H,13-14H2,1-4H3,(H,25,26,27)/t22-/m1/s1. The number of hydrogen-bond acceptors (Lipinski definition) is 3. The molecule has 3 rings (SSSR count). The van der Waals surface area contributed by atoms with Crippen molar-refractivity contribution in [2.45, 2.75) is 46.7 Å². The van der Waals surface area contributed by atoms with Crippen LogP contribution in [0.2, 0.25) is 0 Å². The molecule has 1 atom stereocenters. The Balaban J connectivity index is 1.76. The number of para-hydroxylation sites is 1. The molecule has 2 N–H and O–H groups in total. The van der Waals surface area contributed by atoms with Crippen LogP contribution in [0.3, 0.4) is 0 Å². The molecule has 0 saturated heterocycles. The molecule has 0 unspecified atom stereocenters. The first-order valence-corrected chi connectivity index (χ1v) is 9.74. The van der Waals surface area contributed by atoms with E-state index in [9.17, 15) is 4.79 Å². The average Bonchev–Trinajstić information content (AvgIpc) is 2.62. The Labute approximate surface area is 161 Å². The van der Waals surface area contributed by atoms with Crippen molar-refractivity contribution in [1.82, 2.24) is 15.3 Å². The number of rotatable bonds is 7. The molecule has 3 aromatic rings. The number of benzene rings is 2. The summed E-state index contributed by atoms with van der Waals surface area (Å²) >= 11 is 0. The highest BCUT2D eigenvalue weighted by molar-refractivity contribution is 5.77. The van der Waals surface area contributed by atoms with Crippen LogP contribution in [0.4, 0.5) is 0 Å². The van der Waals surface area contributed by atoms with Crippen LogP contribution in [0.25, 0.3) is 10.9 Å². The first-order chi connectivity index (χ1) is 12.9. The van der Waals surface area contributed by atoms with E-state index in [-0.39, 0.29) is 11.6 Å². The second-order valence-corrected chi connectivity index (χ2v) is 7.97. The summed E-state index contributed by atoms with van der Waals surface area (Å²) in [5.74, 6) is 1.75. The highest BCUT2D eigenvalue weighted by atomic mass is 16.1. The summed E-state index contributed by atoms with van der Waals surface area (Å²) in [6, 6.07) is 16.5. The van der Waals surface area contributed by atoms with Gasteiger partial charge in [-0.05, 0) is 41.5 Å². The zero-order valence-electron chi connectivity index (χ0n) is 16.6. The fourth-order valence-electron chi connectivity index (χ4n) is 3.50. The van der Waals surface area contributed by atoms with E-state index >= 15 is 0 Å². The Kier molecular flexibility index (Phi) is 6.07. The van der Waals surface area contributed by atoms with Crippen molar-refractivity contribution >= 4 is 10.9 Å². The monoisotopic (exact) mass is 363 g/mol. The summed E-state index contributed by atoms with van der Waals surface area (Å²) in [5.41, 5.74) is 3.28. The van der Waals surface area contributed by atoms with Crippen LogP contribution in [-0.4, -0.2) is 9.97 Å². The number of fused-ring (bicyclic) bond motifs is 1. The minimum absolute atomic E-state index is 0.0865. The van der Waals surface area contributed by atoms with Crippen LogP contribution < -0.4 is 10.9 Å². The Morgan fingerprint density at radius 1 is 1.00 bits per heavy atom. The molecule has 0 bridgehead atoms. The number of aromatic amines is 1. The van der Waals surface area contributed by atoms with Crippen molar-refractivity contribution in [1.29, 1.82) is 0 Å². The Hall–Kier alpha value is -2.46. The predicted molar refractivity (Wildman–Crippen MR) is 112 cm³/mol. The van der Waals surface area contributed by atoms with Crippen LogP contribution in [0.15, 0.2) is 53.3 Å². The van der Waals surface area contributed by atoms with Crippen molar-refractivity contribution in [3.8, 4) is 0 Å². The lowest BCUT2D eigenvalue weighted by atomic mass is 9.93. The second kappa shape index (κ2) is 8.49. The maximum Gasteiger partial charge on any atom is 0.258 e. The topological polar surface area (TPSA) is 57.8 Å². The largest absolute Gasteiger partial charge is 0.309 e. The summed E-state index contributed by atoms with van der Waals surface area (Å²) in [5, 5.41) is 4.20. The number of H-pyrrole nitrogens is 1. The summed E-state index contributed by atoms with van der Waals surface area (Å²) in [6.07, 6.45) is 1.10. The first kappa shape index (κ1) is 19.3. The molecule has 0 aliphatic carbocycles. The Bertz CT molecular complexity index is 942. The number of hydrogen-bond donors (Lipinski definition) is 2. The van der Waals surface area contributed by atoms with Gasteiger partial charge in [-0.1, -0.05) is 64.1 Å². The van der Waals surface area contributed by atoms with E-state index in [1.807, 2.05) is 18.2 Å². The molecule has 0 spiro atoms. The van der Waals surface area contributed by atoms with Gasteiger partial charge in [0.15, 0.2) is 0 Å².